The maximum absolute atomic E-state index is 13.7. The molecule has 1 aliphatic carbocycles. The zero-order valence-corrected chi connectivity index (χ0v) is 8.96. The van der Waals surface area contributed by atoms with Gasteiger partial charge in [0, 0.05) is 11.6 Å². The summed E-state index contributed by atoms with van der Waals surface area (Å²) < 4.78 is 13.7. The number of isocyanates is 1. The van der Waals surface area contributed by atoms with Crippen LogP contribution < -0.4 is 0 Å². The van der Waals surface area contributed by atoms with Crippen LogP contribution >= 0.6 is 0 Å². The van der Waals surface area contributed by atoms with Gasteiger partial charge in [-0.1, -0.05) is 0 Å². The molecule has 0 saturated heterocycles. The van der Waals surface area contributed by atoms with Crippen LogP contribution in [0.2, 0.25) is 0 Å². The summed E-state index contributed by atoms with van der Waals surface area (Å²) >= 11 is 0. The first-order valence-electron chi connectivity index (χ1n) is 5.18. The van der Waals surface area contributed by atoms with E-state index in [2.05, 4.69) is 4.99 Å². The molecule has 1 N–H and O–H groups in total. The van der Waals surface area contributed by atoms with Crippen molar-refractivity contribution in [3.05, 3.63) is 29.1 Å². The number of hydrogen-bond acceptors (Lipinski definition) is 3. The van der Waals surface area contributed by atoms with Gasteiger partial charge < -0.3 is 5.11 Å². The van der Waals surface area contributed by atoms with Crippen molar-refractivity contribution in [1.82, 2.24) is 0 Å². The van der Waals surface area contributed by atoms with Crippen LogP contribution in [0.3, 0.4) is 0 Å². The lowest BCUT2D eigenvalue weighted by Gasteiger charge is -2.37. The van der Waals surface area contributed by atoms with Crippen molar-refractivity contribution in [3.63, 3.8) is 0 Å². The summed E-state index contributed by atoms with van der Waals surface area (Å²) in [5.41, 5.74) is 0.228. The third-order valence-electron chi connectivity index (χ3n) is 3.23. The van der Waals surface area contributed by atoms with Crippen LogP contribution in [0.25, 0.3) is 0 Å². The fourth-order valence-electron chi connectivity index (χ4n) is 2.07. The Bertz CT molecular complexity index is 474. The predicted octanol–water partition coefficient (Wildman–Crippen LogP) is 2.55. The fourth-order valence-corrected chi connectivity index (χ4v) is 2.07. The molecule has 0 aliphatic heterocycles. The average molecular weight is 221 g/mol. The number of hydrogen-bond donors (Lipinski definition) is 1. The molecule has 2 rings (SSSR count). The summed E-state index contributed by atoms with van der Waals surface area (Å²) in [6.45, 7) is 1.69. The predicted molar refractivity (Wildman–Crippen MR) is 56.5 cm³/mol. The van der Waals surface area contributed by atoms with Gasteiger partial charge in [-0.3, -0.25) is 0 Å². The summed E-state index contributed by atoms with van der Waals surface area (Å²) in [7, 11) is 0. The van der Waals surface area contributed by atoms with Gasteiger partial charge in [0.2, 0.25) is 6.08 Å². The van der Waals surface area contributed by atoms with E-state index in [9.17, 15) is 14.3 Å². The SMILES string of the molecule is Cc1cc(C2(N=C=O)CCC2)c(F)cc1O. The van der Waals surface area contributed by atoms with Crippen LogP contribution in [0.15, 0.2) is 17.1 Å². The highest BCUT2D eigenvalue weighted by Gasteiger charge is 2.41. The van der Waals surface area contributed by atoms with E-state index in [1.807, 2.05) is 0 Å². The molecule has 0 amide bonds. The van der Waals surface area contributed by atoms with Gasteiger partial charge in [-0.25, -0.2) is 9.18 Å². The number of aliphatic imine (C=N–C) groups is 1. The largest absolute Gasteiger partial charge is 0.508 e. The summed E-state index contributed by atoms with van der Waals surface area (Å²) in [6, 6.07) is 2.63. The molecule has 1 fully saturated rings. The Morgan fingerprint density at radius 2 is 2.19 bits per heavy atom. The number of halogens is 1. The standard InChI is InChI=1S/C12H12FNO2/c1-8-5-9(10(13)6-11(8)16)12(14-7-15)3-2-4-12/h5-6,16H,2-4H2,1H3. The molecule has 4 heteroatoms. The van der Waals surface area contributed by atoms with E-state index >= 15 is 0 Å². The van der Waals surface area contributed by atoms with Crippen molar-refractivity contribution in [2.24, 2.45) is 4.99 Å². The van der Waals surface area contributed by atoms with Crippen molar-refractivity contribution in [1.29, 1.82) is 0 Å². The Labute approximate surface area is 92.6 Å². The third kappa shape index (κ3) is 1.51. The van der Waals surface area contributed by atoms with E-state index in [0.29, 0.717) is 24.0 Å². The van der Waals surface area contributed by atoms with E-state index in [1.165, 1.54) is 6.08 Å². The van der Waals surface area contributed by atoms with Crippen molar-refractivity contribution in [2.45, 2.75) is 31.7 Å². The van der Waals surface area contributed by atoms with Gasteiger partial charge in [0.1, 0.15) is 17.1 Å². The summed E-state index contributed by atoms with van der Waals surface area (Å²) in [5.74, 6) is -0.590. The van der Waals surface area contributed by atoms with Crippen molar-refractivity contribution >= 4 is 6.08 Å². The second kappa shape index (κ2) is 3.72. The van der Waals surface area contributed by atoms with Gasteiger partial charge in [0.25, 0.3) is 0 Å². The van der Waals surface area contributed by atoms with Crippen LogP contribution in [0.4, 0.5) is 4.39 Å². The Morgan fingerprint density at radius 1 is 1.50 bits per heavy atom. The van der Waals surface area contributed by atoms with Crippen LogP contribution in [-0.4, -0.2) is 11.2 Å². The number of carbonyl (C=O) groups excluding carboxylic acids is 1. The first-order chi connectivity index (χ1) is 7.59. The minimum atomic E-state index is -0.746. The first kappa shape index (κ1) is 10.8. The van der Waals surface area contributed by atoms with Gasteiger partial charge >= 0.3 is 0 Å². The molecule has 0 atom stereocenters. The Balaban J connectivity index is 2.54. The Morgan fingerprint density at radius 3 is 2.69 bits per heavy atom. The summed E-state index contributed by atoms with van der Waals surface area (Å²) in [6.07, 6.45) is 3.75. The van der Waals surface area contributed by atoms with Gasteiger partial charge in [-0.2, -0.15) is 4.99 Å². The van der Waals surface area contributed by atoms with E-state index in [1.54, 1.807) is 13.0 Å². The highest BCUT2D eigenvalue weighted by molar-refractivity contribution is 5.44. The number of rotatable bonds is 2. The van der Waals surface area contributed by atoms with Gasteiger partial charge in [-0.05, 0) is 37.8 Å². The normalized spacial score (nSPS) is 17.4. The molecule has 0 unspecified atom stereocenters. The minimum Gasteiger partial charge on any atom is -0.508 e. The van der Waals surface area contributed by atoms with Gasteiger partial charge in [-0.15, -0.1) is 0 Å². The van der Waals surface area contributed by atoms with Crippen LogP contribution in [0.1, 0.15) is 30.4 Å². The quantitative estimate of drug-likeness (QED) is 0.616. The summed E-state index contributed by atoms with van der Waals surface area (Å²) in [4.78, 5) is 14.1. The second-order valence-electron chi connectivity index (χ2n) is 4.21. The minimum absolute atomic E-state index is 0.0780. The zero-order chi connectivity index (χ0) is 11.8. The lowest BCUT2D eigenvalue weighted by molar-refractivity contribution is 0.247. The average Bonchev–Trinajstić information content (AvgIpc) is 2.18. The number of benzene rings is 1. The van der Waals surface area contributed by atoms with Gasteiger partial charge in [0.05, 0.1) is 0 Å². The molecule has 1 aliphatic rings. The topological polar surface area (TPSA) is 49.7 Å². The highest BCUT2D eigenvalue weighted by atomic mass is 19.1. The smallest absolute Gasteiger partial charge is 0.235 e. The highest BCUT2D eigenvalue weighted by Crippen LogP contribution is 2.46. The maximum Gasteiger partial charge on any atom is 0.235 e. The van der Waals surface area contributed by atoms with E-state index in [-0.39, 0.29) is 5.75 Å². The lowest BCUT2D eigenvalue weighted by Crippen LogP contribution is -2.33. The Kier molecular flexibility index (Phi) is 2.52. The van der Waals surface area contributed by atoms with Crippen LogP contribution in [0, 0.1) is 12.7 Å². The Hall–Kier alpha value is -1.67. The number of nitrogens with zero attached hydrogens (tertiary/aromatic N) is 1. The maximum atomic E-state index is 13.7. The molecule has 1 aromatic carbocycles. The fraction of sp³-hybridized carbons (Fsp3) is 0.417. The molecule has 16 heavy (non-hydrogen) atoms. The van der Waals surface area contributed by atoms with Crippen molar-refractivity contribution in [3.8, 4) is 5.75 Å². The van der Waals surface area contributed by atoms with Crippen molar-refractivity contribution < 1.29 is 14.3 Å². The van der Waals surface area contributed by atoms with Crippen LogP contribution in [0.5, 0.6) is 5.75 Å². The zero-order valence-electron chi connectivity index (χ0n) is 8.96. The number of aryl methyl sites for hydroxylation is 1. The molecular weight excluding hydrogens is 209 g/mol. The molecule has 0 aromatic heterocycles. The molecule has 3 nitrogen and oxygen atoms in total. The summed E-state index contributed by atoms with van der Waals surface area (Å²) in [5, 5.41) is 9.36. The number of phenols is 1. The molecule has 0 spiro atoms. The molecule has 0 bridgehead atoms. The van der Waals surface area contributed by atoms with Crippen molar-refractivity contribution in [2.75, 3.05) is 0 Å². The monoisotopic (exact) mass is 221 g/mol. The number of aromatic hydroxyl groups is 1. The molecule has 0 radical (unpaired) electrons. The first-order valence-corrected chi connectivity index (χ1v) is 5.18. The van der Waals surface area contributed by atoms with E-state index < -0.39 is 11.4 Å². The molecule has 0 heterocycles. The molecular formula is C12H12FNO2. The van der Waals surface area contributed by atoms with E-state index in [0.717, 1.165) is 12.5 Å². The van der Waals surface area contributed by atoms with Crippen LogP contribution in [-0.2, 0) is 10.3 Å². The number of phenolic OH excluding ortho intramolecular Hbond substituents is 1. The molecule has 1 saturated carbocycles. The van der Waals surface area contributed by atoms with Gasteiger partial charge in [0.15, 0.2) is 0 Å². The second-order valence-corrected chi connectivity index (χ2v) is 4.21. The third-order valence-corrected chi connectivity index (χ3v) is 3.23. The lowest BCUT2D eigenvalue weighted by atomic mass is 9.72. The van der Waals surface area contributed by atoms with E-state index in [4.69, 9.17) is 0 Å². The molecule has 84 valence electrons. The molecule has 1 aromatic rings.